The fourth-order valence-electron chi connectivity index (χ4n) is 2.34. The van der Waals surface area contributed by atoms with Crippen LogP contribution in [0.4, 0.5) is 13.2 Å². The molecule has 1 aromatic heterocycles. The van der Waals surface area contributed by atoms with Gasteiger partial charge in [0.05, 0.1) is 12.5 Å². The van der Waals surface area contributed by atoms with Gasteiger partial charge < -0.3 is 0 Å². The van der Waals surface area contributed by atoms with Crippen LogP contribution in [-0.4, -0.2) is 16.7 Å². The summed E-state index contributed by atoms with van der Waals surface area (Å²) in [5.74, 6) is -0.827. The molecular formula is C16H12ClF3N2O. The Labute approximate surface area is 135 Å². The molecular weight excluding hydrogens is 329 g/mol. The lowest BCUT2D eigenvalue weighted by Crippen LogP contribution is -2.43. The summed E-state index contributed by atoms with van der Waals surface area (Å²) in [6.07, 6.45) is -3.28. The summed E-state index contributed by atoms with van der Waals surface area (Å²) in [6.45, 7) is 1.57. The third-order valence-electron chi connectivity index (χ3n) is 3.52. The van der Waals surface area contributed by atoms with E-state index in [1.807, 2.05) is 0 Å². The number of aryl methyl sites for hydroxylation is 1. The molecule has 0 aliphatic rings. The number of benzene rings is 1. The first-order chi connectivity index (χ1) is 10.7. The van der Waals surface area contributed by atoms with Crippen molar-refractivity contribution in [1.29, 1.82) is 5.26 Å². The summed E-state index contributed by atoms with van der Waals surface area (Å²) in [6, 6.07) is 8.12. The van der Waals surface area contributed by atoms with Crippen molar-refractivity contribution in [2.24, 2.45) is 0 Å². The van der Waals surface area contributed by atoms with Crippen molar-refractivity contribution in [2.75, 3.05) is 0 Å². The molecule has 1 atom stereocenters. The normalized spacial score (nSPS) is 14.1. The van der Waals surface area contributed by atoms with Crippen molar-refractivity contribution in [1.82, 2.24) is 4.57 Å². The highest BCUT2D eigenvalue weighted by molar-refractivity contribution is 6.30. The van der Waals surface area contributed by atoms with E-state index in [9.17, 15) is 23.2 Å². The standard InChI is InChI=1S/C16H12ClF3N2O/c1-11-6-12(8-13(17)7-11)15(10-21,16(18,19)20)9-14(23)22-4-2-3-5-22/h2-8H,9H2,1H3. The van der Waals surface area contributed by atoms with Gasteiger partial charge in [-0.15, -0.1) is 0 Å². The molecule has 0 saturated heterocycles. The lowest BCUT2D eigenvalue weighted by atomic mass is 9.77. The minimum atomic E-state index is -4.93. The molecule has 3 nitrogen and oxygen atoms in total. The summed E-state index contributed by atoms with van der Waals surface area (Å²) in [4.78, 5) is 12.1. The van der Waals surface area contributed by atoms with Crippen molar-refractivity contribution in [3.63, 3.8) is 0 Å². The molecule has 2 rings (SSSR count). The Balaban J connectivity index is 2.57. The Morgan fingerprint density at radius 3 is 2.35 bits per heavy atom. The van der Waals surface area contributed by atoms with Crippen LogP contribution in [0.1, 0.15) is 22.3 Å². The molecule has 0 N–H and O–H groups in total. The summed E-state index contributed by atoms with van der Waals surface area (Å²) < 4.78 is 42.1. The zero-order valence-corrected chi connectivity index (χ0v) is 12.8. The summed E-state index contributed by atoms with van der Waals surface area (Å²) in [7, 11) is 0. The second kappa shape index (κ2) is 6.09. The fraction of sp³-hybridized carbons (Fsp3) is 0.250. The maximum Gasteiger partial charge on any atom is 0.411 e. The summed E-state index contributed by atoms with van der Waals surface area (Å²) in [5.41, 5.74) is -2.81. The Morgan fingerprint density at radius 2 is 1.87 bits per heavy atom. The van der Waals surface area contributed by atoms with Crippen LogP contribution in [0.25, 0.3) is 0 Å². The Morgan fingerprint density at radius 1 is 1.26 bits per heavy atom. The van der Waals surface area contributed by atoms with E-state index < -0.39 is 23.9 Å². The SMILES string of the molecule is Cc1cc(Cl)cc(C(C#N)(CC(=O)n2cccc2)C(F)(F)F)c1. The van der Waals surface area contributed by atoms with Crippen molar-refractivity contribution in [3.8, 4) is 6.07 Å². The quantitative estimate of drug-likeness (QED) is 0.825. The number of carbonyl (C=O) groups is 1. The molecule has 1 aromatic carbocycles. The van der Waals surface area contributed by atoms with Crippen LogP contribution in [0.5, 0.6) is 0 Å². The van der Waals surface area contributed by atoms with E-state index >= 15 is 0 Å². The van der Waals surface area contributed by atoms with Gasteiger partial charge in [0.25, 0.3) is 0 Å². The van der Waals surface area contributed by atoms with Gasteiger partial charge in [-0.25, -0.2) is 0 Å². The van der Waals surface area contributed by atoms with Crippen LogP contribution in [0.2, 0.25) is 5.02 Å². The summed E-state index contributed by atoms with van der Waals surface area (Å²) >= 11 is 5.83. The number of hydrogen-bond acceptors (Lipinski definition) is 2. The largest absolute Gasteiger partial charge is 0.411 e. The van der Waals surface area contributed by atoms with Gasteiger partial charge in [-0.1, -0.05) is 17.7 Å². The third kappa shape index (κ3) is 3.25. The number of carbonyl (C=O) groups excluding carboxylic acids is 1. The monoisotopic (exact) mass is 340 g/mol. The molecule has 0 saturated carbocycles. The predicted octanol–water partition coefficient (Wildman–Crippen LogP) is 4.50. The van der Waals surface area contributed by atoms with E-state index in [1.54, 1.807) is 6.92 Å². The van der Waals surface area contributed by atoms with E-state index in [4.69, 9.17) is 11.6 Å². The molecule has 0 aliphatic carbocycles. The number of alkyl halides is 3. The first kappa shape index (κ1) is 17.1. The van der Waals surface area contributed by atoms with Gasteiger partial charge >= 0.3 is 6.18 Å². The molecule has 0 amide bonds. The van der Waals surface area contributed by atoms with E-state index in [-0.39, 0.29) is 10.6 Å². The second-order valence-electron chi connectivity index (χ2n) is 5.19. The highest BCUT2D eigenvalue weighted by Gasteiger charge is 2.58. The Bertz CT molecular complexity index is 742. The van der Waals surface area contributed by atoms with E-state index in [2.05, 4.69) is 0 Å². The second-order valence-corrected chi connectivity index (χ2v) is 5.63. The van der Waals surface area contributed by atoms with Gasteiger partial charge in [-0.3, -0.25) is 9.36 Å². The number of nitriles is 1. The molecule has 0 bridgehead atoms. The molecule has 0 fully saturated rings. The zero-order chi connectivity index (χ0) is 17.3. The van der Waals surface area contributed by atoms with Crippen LogP contribution < -0.4 is 0 Å². The van der Waals surface area contributed by atoms with Crippen LogP contribution in [0, 0.1) is 18.3 Å². The van der Waals surface area contributed by atoms with Crippen LogP contribution in [0.3, 0.4) is 0 Å². The number of rotatable bonds is 3. The highest BCUT2D eigenvalue weighted by Crippen LogP contribution is 2.44. The first-order valence-corrected chi connectivity index (χ1v) is 6.99. The molecule has 7 heteroatoms. The molecule has 120 valence electrons. The zero-order valence-electron chi connectivity index (χ0n) is 12.1. The number of halogens is 4. The van der Waals surface area contributed by atoms with E-state index in [0.717, 1.165) is 10.6 Å². The van der Waals surface area contributed by atoms with E-state index in [0.29, 0.717) is 5.56 Å². The predicted molar refractivity (Wildman–Crippen MR) is 79.2 cm³/mol. The van der Waals surface area contributed by atoms with Gasteiger partial charge in [0.2, 0.25) is 5.91 Å². The maximum atomic E-state index is 13.7. The molecule has 2 aromatic rings. The van der Waals surface area contributed by atoms with Gasteiger partial charge in [0.1, 0.15) is 0 Å². The van der Waals surface area contributed by atoms with Gasteiger partial charge in [0, 0.05) is 17.4 Å². The average Bonchev–Trinajstić information content (AvgIpc) is 2.96. The molecule has 0 aliphatic heterocycles. The Hall–Kier alpha value is -2.26. The Kier molecular flexibility index (Phi) is 4.53. The molecule has 0 radical (unpaired) electrons. The van der Waals surface area contributed by atoms with Crippen LogP contribution in [0.15, 0.2) is 42.7 Å². The van der Waals surface area contributed by atoms with Gasteiger partial charge in [-0.2, -0.15) is 18.4 Å². The number of hydrogen-bond donors (Lipinski definition) is 0. The van der Waals surface area contributed by atoms with Gasteiger partial charge in [0.15, 0.2) is 5.41 Å². The average molecular weight is 341 g/mol. The lowest BCUT2D eigenvalue weighted by molar-refractivity contribution is -0.173. The first-order valence-electron chi connectivity index (χ1n) is 6.61. The number of aromatic nitrogens is 1. The molecule has 1 unspecified atom stereocenters. The third-order valence-corrected chi connectivity index (χ3v) is 3.74. The molecule has 0 spiro atoms. The van der Waals surface area contributed by atoms with Crippen molar-refractivity contribution >= 4 is 17.5 Å². The molecule has 23 heavy (non-hydrogen) atoms. The topological polar surface area (TPSA) is 45.8 Å². The summed E-state index contributed by atoms with van der Waals surface area (Å²) in [5, 5.41) is 9.40. The van der Waals surface area contributed by atoms with Crippen LogP contribution >= 0.6 is 11.6 Å². The lowest BCUT2D eigenvalue weighted by Gasteiger charge is -2.29. The maximum absolute atomic E-state index is 13.7. The van der Waals surface area contributed by atoms with Crippen LogP contribution in [-0.2, 0) is 5.41 Å². The minimum Gasteiger partial charge on any atom is -0.295 e. The van der Waals surface area contributed by atoms with Crippen molar-refractivity contribution in [3.05, 3.63) is 58.9 Å². The number of nitrogens with zero attached hydrogens (tertiary/aromatic N) is 2. The fourth-order valence-corrected chi connectivity index (χ4v) is 2.62. The molecule has 1 heterocycles. The van der Waals surface area contributed by atoms with Crippen molar-refractivity contribution < 1.29 is 18.0 Å². The van der Waals surface area contributed by atoms with E-state index in [1.165, 1.54) is 42.7 Å². The highest BCUT2D eigenvalue weighted by atomic mass is 35.5. The van der Waals surface area contributed by atoms with Gasteiger partial charge in [-0.05, 0) is 42.3 Å². The minimum absolute atomic E-state index is 0.0808. The smallest absolute Gasteiger partial charge is 0.295 e. The van der Waals surface area contributed by atoms with Crippen molar-refractivity contribution in [2.45, 2.75) is 24.9 Å².